The Kier molecular flexibility index (Phi) is 7.16. The van der Waals surface area contributed by atoms with Gasteiger partial charge in [0, 0.05) is 6.08 Å². The summed E-state index contributed by atoms with van der Waals surface area (Å²) >= 11 is 0. The van der Waals surface area contributed by atoms with E-state index in [9.17, 15) is 9.59 Å². The standard InChI is InChI=1S/C17H23NO4/c1-4-22-14-7-5-6-13(11-14)8-9-16(19)18-15(17(20)21)10-12(2)3/h5-9,11-12,15H,4,10H2,1-3H3,(H,18,19)(H,20,21)/b9-8+. The number of carboxylic acid groups (broad SMARTS) is 1. The number of nitrogens with one attached hydrogen (secondary N) is 1. The summed E-state index contributed by atoms with van der Waals surface area (Å²) in [6.45, 7) is 6.30. The zero-order chi connectivity index (χ0) is 16.5. The topological polar surface area (TPSA) is 75.6 Å². The van der Waals surface area contributed by atoms with E-state index < -0.39 is 17.9 Å². The van der Waals surface area contributed by atoms with Gasteiger partial charge in [0.25, 0.3) is 0 Å². The smallest absolute Gasteiger partial charge is 0.326 e. The lowest BCUT2D eigenvalue weighted by Gasteiger charge is -2.15. The van der Waals surface area contributed by atoms with Crippen molar-refractivity contribution in [2.75, 3.05) is 6.61 Å². The van der Waals surface area contributed by atoms with E-state index in [-0.39, 0.29) is 5.92 Å². The second-order valence-electron chi connectivity index (χ2n) is 5.37. The molecule has 0 aliphatic rings. The number of aliphatic carboxylic acids is 1. The van der Waals surface area contributed by atoms with Crippen LogP contribution in [0.2, 0.25) is 0 Å². The average molecular weight is 305 g/mol. The van der Waals surface area contributed by atoms with E-state index in [0.717, 1.165) is 11.3 Å². The summed E-state index contributed by atoms with van der Waals surface area (Å²) in [4.78, 5) is 22.9. The summed E-state index contributed by atoms with van der Waals surface area (Å²) in [6, 6.07) is 6.46. The molecule has 5 heteroatoms. The summed E-state index contributed by atoms with van der Waals surface area (Å²) < 4.78 is 5.38. The predicted molar refractivity (Wildman–Crippen MR) is 85.7 cm³/mol. The normalized spacial score (nSPS) is 12.4. The molecule has 1 aromatic rings. The molecule has 1 unspecified atom stereocenters. The minimum atomic E-state index is -1.02. The summed E-state index contributed by atoms with van der Waals surface area (Å²) in [7, 11) is 0. The SMILES string of the molecule is CCOc1cccc(/C=C/C(=O)NC(CC(C)C)C(=O)O)c1. The third-order valence-electron chi connectivity index (χ3n) is 2.92. The van der Waals surface area contributed by atoms with Gasteiger partial charge in [-0.15, -0.1) is 0 Å². The van der Waals surface area contributed by atoms with Gasteiger partial charge in [0.1, 0.15) is 11.8 Å². The highest BCUT2D eigenvalue weighted by Gasteiger charge is 2.19. The molecular weight excluding hydrogens is 282 g/mol. The first kappa shape index (κ1) is 17.8. The van der Waals surface area contributed by atoms with Crippen LogP contribution in [0, 0.1) is 5.92 Å². The van der Waals surface area contributed by atoms with Crippen molar-refractivity contribution in [1.29, 1.82) is 0 Å². The van der Waals surface area contributed by atoms with Crippen molar-refractivity contribution in [2.45, 2.75) is 33.2 Å². The van der Waals surface area contributed by atoms with Crippen LogP contribution in [0.5, 0.6) is 5.75 Å². The highest BCUT2D eigenvalue weighted by molar-refractivity contribution is 5.94. The van der Waals surface area contributed by atoms with Crippen LogP contribution >= 0.6 is 0 Å². The van der Waals surface area contributed by atoms with Crippen LogP contribution in [-0.2, 0) is 9.59 Å². The summed E-state index contributed by atoms with van der Waals surface area (Å²) in [5.41, 5.74) is 0.817. The number of amides is 1. The molecule has 2 N–H and O–H groups in total. The maximum absolute atomic E-state index is 11.8. The highest BCUT2D eigenvalue weighted by Crippen LogP contribution is 2.14. The summed E-state index contributed by atoms with van der Waals surface area (Å²) in [5, 5.41) is 11.6. The first-order valence-electron chi connectivity index (χ1n) is 7.36. The monoisotopic (exact) mass is 305 g/mol. The predicted octanol–water partition coefficient (Wildman–Crippen LogP) is 2.71. The second kappa shape index (κ2) is 8.87. The Morgan fingerprint density at radius 1 is 1.36 bits per heavy atom. The van der Waals surface area contributed by atoms with Gasteiger partial charge >= 0.3 is 5.97 Å². The molecule has 0 spiro atoms. The molecular formula is C17H23NO4. The molecule has 5 nitrogen and oxygen atoms in total. The molecule has 1 amide bonds. The summed E-state index contributed by atoms with van der Waals surface area (Å²) in [6.07, 6.45) is 3.36. The molecule has 0 bridgehead atoms. The third-order valence-corrected chi connectivity index (χ3v) is 2.92. The molecule has 0 saturated carbocycles. The molecule has 0 aliphatic carbocycles. The number of hydrogen-bond acceptors (Lipinski definition) is 3. The van der Waals surface area contributed by atoms with E-state index in [2.05, 4.69) is 5.32 Å². The first-order valence-corrected chi connectivity index (χ1v) is 7.36. The van der Waals surface area contributed by atoms with Crippen LogP contribution in [0.3, 0.4) is 0 Å². The van der Waals surface area contributed by atoms with Gasteiger partial charge in [-0.1, -0.05) is 26.0 Å². The zero-order valence-corrected chi connectivity index (χ0v) is 13.2. The number of carboxylic acids is 1. The van der Waals surface area contributed by atoms with Crippen molar-refractivity contribution in [3.8, 4) is 5.75 Å². The molecule has 0 aromatic heterocycles. The fraction of sp³-hybridized carbons (Fsp3) is 0.412. The molecule has 120 valence electrons. The Hall–Kier alpha value is -2.30. The fourth-order valence-corrected chi connectivity index (χ4v) is 1.96. The van der Waals surface area contributed by atoms with Crippen molar-refractivity contribution in [3.05, 3.63) is 35.9 Å². The van der Waals surface area contributed by atoms with Crippen molar-refractivity contribution in [1.82, 2.24) is 5.32 Å². The van der Waals surface area contributed by atoms with Crippen molar-refractivity contribution in [2.24, 2.45) is 5.92 Å². The Balaban J connectivity index is 2.66. The lowest BCUT2D eigenvalue weighted by atomic mass is 10.0. The van der Waals surface area contributed by atoms with Gasteiger partial charge in [-0.05, 0) is 43.0 Å². The lowest BCUT2D eigenvalue weighted by Crippen LogP contribution is -2.40. The van der Waals surface area contributed by atoms with Crippen molar-refractivity contribution in [3.63, 3.8) is 0 Å². The molecule has 0 saturated heterocycles. The van der Waals surface area contributed by atoms with Crippen LogP contribution in [0.25, 0.3) is 6.08 Å². The molecule has 1 rings (SSSR count). The number of carbonyl (C=O) groups excluding carboxylic acids is 1. The molecule has 0 heterocycles. The lowest BCUT2D eigenvalue weighted by molar-refractivity contribution is -0.141. The Bertz CT molecular complexity index is 537. The maximum Gasteiger partial charge on any atom is 0.326 e. The van der Waals surface area contributed by atoms with Crippen LogP contribution in [0.4, 0.5) is 0 Å². The number of hydrogen-bond donors (Lipinski definition) is 2. The van der Waals surface area contributed by atoms with Gasteiger partial charge in [-0.2, -0.15) is 0 Å². The fourth-order valence-electron chi connectivity index (χ4n) is 1.96. The van der Waals surface area contributed by atoms with Gasteiger partial charge in [0.2, 0.25) is 5.91 Å². The van der Waals surface area contributed by atoms with E-state index in [0.29, 0.717) is 13.0 Å². The van der Waals surface area contributed by atoms with Gasteiger partial charge in [0.05, 0.1) is 6.61 Å². The molecule has 0 aliphatic heterocycles. The number of ether oxygens (including phenoxy) is 1. The number of benzene rings is 1. The van der Waals surface area contributed by atoms with Gasteiger partial charge in [-0.3, -0.25) is 4.79 Å². The minimum Gasteiger partial charge on any atom is -0.494 e. The molecule has 0 radical (unpaired) electrons. The van der Waals surface area contributed by atoms with Gasteiger partial charge in [-0.25, -0.2) is 4.79 Å². The minimum absolute atomic E-state index is 0.188. The van der Waals surface area contributed by atoms with Crippen LogP contribution < -0.4 is 10.1 Å². The van der Waals surface area contributed by atoms with E-state index in [1.807, 2.05) is 45.0 Å². The molecule has 1 aromatic carbocycles. The van der Waals surface area contributed by atoms with Crippen molar-refractivity contribution < 1.29 is 19.4 Å². The van der Waals surface area contributed by atoms with E-state index in [1.54, 1.807) is 6.08 Å². The number of carbonyl (C=O) groups is 2. The first-order chi connectivity index (χ1) is 10.4. The quantitative estimate of drug-likeness (QED) is 0.724. The molecule has 22 heavy (non-hydrogen) atoms. The maximum atomic E-state index is 11.8. The molecule has 1 atom stereocenters. The third kappa shape index (κ3) is 6.43. The van der Waals surface area contributed by atoms with Gasteiger partial charge in [0.15, 0.2) is 0 Å². The highest BCUT2D eigenvalue weighted by atomic mass is 16.5. The van der Waals surface area contributed by atoms with E-state index in [4.69, 9.17) is 9.84 Å². The Labute approximate surface area is 131 Å². The van der Waals surface area contributed by atoms with Crippen LogP contribution in [0.15, 0.2) is 30.3 Å². The van der Waals surface area contributed by atoms with E-state index >= 15 is 0 Å². The van der Waals surface area contributed by atoms with E-state index in [1.165, 1.54) is 6.08 Å². The van der Waals surface area contributed by atoms with Gasteiger partial charge < -0.3 is 15.2 Å². The second-order valence-corrected chi connectivity index (χ2v) is 5.37. The van der Waals surface area contributed by atoms with Crippen LogP contribution in [0.1, 0.15) is 32.8 Å². The average Bonchev–Trinajstić information content (AvgIpc) is 2.44. The number of rotatable bonds is 8. The zero-order valence-electron chi connectivity index (χ0n) is 13.2. The largest absolute Gasteiger partial charge is 0.494 e. The van der Waals surface area contributed by atoms with Crippen LogP contribution in [-0.4, -0.2) is 29.6 Å². The molecule has 0 fully saturated rings. The summed E-state index contributed by atoms with van der Waals surface area (Å²) in [5.74, 6) is -0.523. The Morgan fingerprint density at radius 3 is 2.68 bits per heavy atom. The van der Waals surface area contributed by atoms with Crippen molar-refractivity contribution >= 4 is 18.0 Å². The Morgan fingerprint density at radius 2 is 2.09 bits per heavy atom.